The minimum atomic E-state index is 0.103. The molecule has 2 unspecified atom stereocenters. The first kappa shape index (κ1) is 17.5. The lowest BCUT2D eigenvalue weighted by Gasteiger charge is -2.37. The lowest BCUT2D eigenvalue weighted by atomic mass is 9.76. The van der Waals surface area contributed by atoms with E-state index in [1.165, 1.54) is 42.0 Å². The molecule has 0 bridgehead atoms. The Hall–Kier alpha value is -0.960. The third kappa shape index (κ3) is 3.13. The van der Waals surface area contributed by atoms with Gasteiger partial charge < -0.3 is 4.90 Å². The summed E-state index contributed by atoms with van der Waals surface area (Å²) in [6.07, 6.45) is 10.0. The number of nitrogens with zero attached hydrogens (tertiary/aromatic N) is 1. The van der Waals surface area contributed by atoms with E-state index in [9.17, 15) is 0 Å². The van der Waals surface area contributed by atoms with Gasteiger partial charge in [-0.3, -0.25) is 0 Å². The molecule has 0 saturated carbocycles. The van der Waals surface area contributed by atoms with Gasteiger partial charge in [-0.25, -0.2) is 0 Å². The van der Waals surface area contributed by atoms with E-state index < -0.39 is 0 Å². The first-order valence-corrected chi connectivity index (χ1v) is 10.4. The first-order chi connectivity index (χ1) is 12.0. The van der Waals surface area contributed by atoms with E-state index in [-0.39, 0.29) is 4.75 Å². The van der Waals surface area contributed by atoms with Gasteiger partial charge in [0, 0.05) is 27.8 Å². The molecule has 1 aromatic carbocycles. The summed E-state index contributed by atoms with van der Waals surface area (Å²) in [5, 5.41) is 0.879. The molecular formula is C22H26ClNS. The molecule has 132 valence electrons. The number of fused-ring (bicyclic) bond motifs is 1. The zero-order valence-corrected chi connectivity index (χ0v) is 16.9. The maximum Gasteiger partial charge on any atom is 0.0498 e. The molecule has 4 rings (SSSR count). The highest BCUT2D eigenvalue weighted by molar-refractivity contribution is 8.01. The largest absolute Gasteiger partial charge is 0.306 e. The van der Waals surface area contributed by atoms with Crippen molar-refractivity contribution >= 4 is 28.9 Å². The molecule has 0 amide bonds. The van der Waals surface area contributed by atoms with E-state index in [0.29, 0.717) is 5.92 Å². The molecule has 1 saturated heterocycles. The summed E-state index contributed by atoms with van der Waals surface area (Å²) in [7, 11) is 2.23. The molecule has 2 heterocycles. The highest BCUT2D eigenvalue weighted by Crippen LogP contribution is 2.59. The highest BCUT2D eigenvalue weighted by atomic mass is 35.5. The molecule has 0 aromatic heterocycles. The Morgan fingerprint density at radius 3 is 2.68 bits per heavy atom. The van der Waals surface area contributed by atoms with Crippen LogP contribution in [-0.4, -0.2) is 29.8 Å². The van der Waals surface area contributed by atoms with Crippen LogP contribution in [0.25, 0.3) is 5.57 Å². The van der Waals surface area contributed by atoms with Gasteiger partial charge in [-0.1, -0.05) is 47.0 Å². The van der Waals surface area contributed by atoms with Crippen molar-refractivity contribution in [3.05, 3.63) is 58.2 Å². The minimum absolute atomic E-state index is 0.103. The lowest BCUT2D eigenvalue weighted by Crippen LogP contribution is -2.33. The summed E-state index contributed by atoms with van der Waals surface area (Å²) in [5.41, 5.74) is 6.13. The Bertz CT molecular complexity index is 781. The van der Waals surface area contributed by atoms with Gasteiger partial charge in [-0.15, -0.1) is 11.8 Å². The van der Waals surface area contributed by atoms with Gasteiger partial charge in [0.1, 0.15) is 0 Å². The summed E-state index contributed by atoms with van der Waals surface area (Å²) >= 11 is 8.26. The molecule has 3 heteroatoms. The number of aryl methyl sites for hydroxylation is 1. The van der Waals surface area contributed by atoms with Gasteiger partial charge in [0.05, 0.1) is 0 Å². The predicted molar refractivity (Wildman–Crippen MR) is 110 cm³/mol. The van der Waals surface area contributed by atoms with Crippen molar-refractivity contribution < 1.29 is 0 Å². The monoisotopic (exact) mass is 371 g/mol. The number of allylic oxidation sites excluding steroid dienone is 4. The van der Waals surface area contributed by atoms with Crippen molar-refractivity contribution in [1.29, 1.82) is 0 Å². The van der Waals surface area contributed by atoms with Crippen molar-refractivity contribution in [3.63, 3.8) is 0 Å². The summed E-state index contributed by atoms with van der Waals surface area (Å²) in [4.78, 5) is 3.90. The zero-order chi connectivity index (χ0) is 17.6. The van der Waals surface area contributed by atoms with Crippen molar-refractivity contribution in [2.24, 2.45) is 5.92 Å². The van der Waals surface area contributed by atoms with Crippen LogP contribution in [0.2, 0.25) is 0 Å². The van der Waals surface area contributed by atoms with E-state index in [0.717, 1.165) is 11.5 Å². The van der Waals surface area contributed by atoms with Crippen LogP contribution in [0.3, 0.4) is 0 Å². The number of likely N-dealkylation sites (tertiary alicyclic amines) is 1. The van der Waals surface area contributed by atoms with E-state index in [1.807, 2.05) is 0 Å². The molecular weight excluding hydrogens is 346 g/mol. The number of halogens is 1. The van der Waals surface area contributed by atoms with E-state index in [1.54, 1.807) is 11.1 Å². The molecule has 3 aliphatic rings. The van der Waals surface area contributed by atoms with Crippen LogP contribution in [0.4, 0.5) is 0 Å². The Balaban J connectivity index is 1.81. The summed E-state index contributed by atoms with van der Waals surface area (Å²) in [6.45, 7) is 7.01. The standard InChI is InChI=1S/C22H26ClNS/c1-15-4-9-20-19(14-15)21(16-10-12-24(3)13-11-16)22(2,25-20)17-5-7-18(23)8-6-17/h4-5,7-9,14,17H,6,10-13H2,1-3H3. The molecule has 0 N–H and O–H groups in total. The van der Waals surface area contributed by atoms with E-state index in [4.69, 9.17) is 11.6 Å². The fraction of sp³-hybridized carbons (Fsp3) is 0.455. The maximum absolute atomic E-state index is 6.20. The van der Waals surface area contributed by atoms with E-state index in [2.05, 4.69) is 74.0 Å². The van der Waals surface area contributed by atoms with Crippen LogP contribution in [0.15, 0.2) is 51.9 Å². The fourth-order valence-electron chi connectivity index (χ4n) is 4.42. The quantitative estimate of drug-likeness (QED) is 0.592. The van der Waals surface area contributed by atoms with Gasteiger partial charge in [0.15, 0.2) is 0 Å². The van der Waals surface area contributed by atoms with Crippen LogP contribution in [0.5, 0.6) is 0 Å². The van der Waals surface area contributed by atoms with Gasteiger partial charge in [0.25, 0.3) is 0 Å². The molecule has 1 fully saturated rings. The molecule has 1 nitrogen and oxygen atoms in total. The Morgan fingerprint density at radius 1 is 1.24 bits per heavy atom. The Kier molecular flexibility index (Phi) is 4.64. The van der Waals surface area contributed by atoms with Crippen molar-refractivity contribution in [2.75, 3.05) is 20.1 Å². The van der Waals surface area contributed by atoms with Crippen LogP contribution in [0, 0.1) is 12.8 Å². The zero-order valence-electron chi connectivity index (χ0n) is 15.3. The predicted octanol–water partition coefficient (Wildman–Crippen LogP) is 6.04. The van der Waals surface area contributed by atoms with E-state index >= 15 is 0 Å². The molecule has 0 spiro atoms. The van der Waals surface area contributed by atoms with Crippen LogP contribution in [0.1, 0.15) is 37.3 Å². The van der Waals surface area contributed by atoms with Gasteiger partial charge in [-0.2, -0.15) is 0 Å². The topological polar surface area (TPSA) is 3.24 Å². The molecule has 1 aliphatic carbocycles. The second kappa shape index (κ2) is 6.64. The minimum Gasteiger partial charge on any atom is -0.306 e. The summed E-state index contributed by atoms with van der Waals surface area (Å²) in [6, 6.07) is 6.98. The average molecular weight is 372 g/mol. The second-order valence-corrected chi connectivity index (χ2v) is 9.71. The Morgan fingerprint density at radius 2 is 2.00 bits per heavy atom. The number of rotatable bonds is 1. The molecule has 0 radical (unpaired) electrons. The first-order valence-electron chi connectivity index (χ1n) is 9.22. The highest BCUT2D eigenvalue weighted by Gasteiger charge is 2.45. The fourth-order valence-corrected chi connectivity index (χ4v) is 6.13. The molecule has 2 atom stereocenters. The Labute approximate surface area is 160 Å². The molecule has 25 heavy (non-hydrogen) atoms. The second-order valence-electron chi connectivity index (χ2n) is 7.78. The average Bonchev–Trinajstić information content (AvgIpc) is 2.89. The summed E-state index contributed by atoms with van der Waals surface area (Å²) in [5.74, 6) is 0.495. The van der Waals surface area contributed by atoms with Crippen LogP contribution < -0.4 is 0 Å². The SMILES string of the molecule is Cc1ccc2c(c1)C(=C1CCN(C)CC1)C(C)(C1C=CC(Cl)=CC1)S2. The maximum atomic E-state index is 6.20. The smallest absolute Gasteiger partial charge is 0.0498 e. The van der Waals surface area contributed by atoms with Gasteiger partial charge in [0.2, 0.25) is 0 Å². The van der Waals surface area contributed by atoms with Crippen molar-refractivity contribution in [2.45, 2.75) is 42.8 Å². The van der Waals surface area contributed by atoms with Crippen molar-refractivity contribution in [3.8, 4) is 0 Å². The van der Waals surface area contributed by atoms with Gasteiger partial charge >= 0.3 is 0 Å². The number of thioether (sulfide) groups is 1. The van der Waals surface area contributed by atoms with Crippen molar-refractivity contribution in [1.82, 2.24) is 4.90 Å². The van der Waals surface area contributed by atoms with Crippen LogP contribution in [-0.2, 0) is 0 Å². The number of benzene rings is 1. The molecule has 2 aliphatic heterocycles. The molecule has 1 aromatic rings. The third-order valence-corrected chi connectivity index (χ3v) is 7.72. The number of hydrogen-bond donors (Lipinski definition) is 0. The number of hydrogen-bond acceptors (Lipinski definition) is 2. The van der Waals surface area contributed by atoms with Crippen LogP contribution >= 0.6 is 23.4 Å². The normalized spacial score (nSPS) is 29.8. The number of piperidine rings is 1. The summed E-state index contributed by atoms with van der Waals surface area (Å²) < 4.78 is 0.103. The lowest BCUT2D eigenvalue weighted by molar-refractivity contribution is 0.312. The third-order valence-electron chi connectivity index (χ3n) is 5.93. The van der Waals surface area contributed by atoms with Gasteiger partial charge in [-0.05, 0) is 69.4 Å².